The summed E-state index contributed by atoms with van der Waals surface area (Å²) >= 11 is 0. The SMILES string of the molecule is Cc1ccc2c(N)c(C#N)c(C)cc2c1. The molecule has 0 aliphatic carbocycles. The average molecular weight is 196 g/mol. The molecule has 2 aromatic carbocycles. The fraction of sp³-hybridized carbons (Fsp3) is 0.154. The van der Waals surface area contributed by atoms with E-state index in [1.54, 1.807) is 0 Å². The van der Waals surface area contributed by atoms with Gasteiger partial charge in [-0.15, -0.1) is 0 Å². The van der Waals surface area contributed by atoms with Gasteiger partial charge < -0.3 is 5.73 Å². The molecule has 2 rings (SSSR count). The molecule has 0 bridgehead atoms. The van der Waals surface area contributed by atoms with Crippen molar-refractivity contribution in [3.8, 4) is 6.07 Å². The number of benzene rings is 2. The highest BCUT2D eigenvalue weighted by molar-refractivity contribution is 5.96. The molecule has 74 valence electrons. The van der Waals surface area contributed by atoms with Gasteiger partial charge in [-0.3, -0.25) is 0 Å². The Kier molecular flexibility index (Phi) is 2.09. The summed E-state index contributed by atoms with van der Waals surface area (Å²) in [5.74, 6) is 0. The van der Waals surface area contributed by atoms with Crippen LogP contribution in [0.15, 0.2) is 24.3 Å². The van der Waals surface area contributed by atoms with Gasteiger partial charge in [0, 0.05) is 5.39 Å². The lowest BCUT2D eigenvalue weighted by molar-refractivity contribution is 1.41. The molecule has 0 saturated heterocycles. The van der Waals surface area contributed by atoms with E-state index < -0.39 is 0 Å². The lowest BCUT2D eigenvalue weighted by Crippen LogP contribution is -1.95. The minimum absolute atomic E-state index is 0.589. The fourth-order valence-electron chi connectivity index (χ4n) is 1.85. The van der Waals surface area contributed by atoms with E-state index in [-0.39, 0.29) is 0 Å². The van der Waals surface area contributed by atoms with Gasteiger partial charge in [-0.05, 0) is 30.9 Å². The summed E-state index contributed by atoms with van der Waals surface area (Å²) < 4.78 is 0. The standard InChI is InChI=1S/C13H12N2/c1-8-3-4-11-10(5-8)6-9(2)12(7-14)13(11)15/h3-6H,15H2,1-2H3. The van der Waals surface area contributed by atoms with Crippen molar-refractivity contribution in [1.29, 1.82) is 5.26 Å². The molecule has 0 fully saturated rings. The summed E-state index contributed by atoms with van der Waals surface area (Å²) in [6, 6.07) is 10.2. The van der Waals surface area contributed by atoms with E-state index in [2.05, 4.69) is 12.1 Å². The predicted molar refractivity (Wildman–Crippen MR) is 62.5 cm³/mol. The van der Waals surface area contributed by atoms with Crippen LogP contribution in [0, 0.1) is 25.2 Å². The minimum Gasteiger partial charge on any atom is -0.397 e. The van der Waals surface area contributed by atoms with Gasteiger partial charge >= 0.3 is 0 Å². The van der Waals surface area contributed by atoms with Crippen molar-refractivity contribution in [3.05, 3.63) is 41.0 Å². The quantitative estimate of drug-likeness (QED) is 0.658. The molecular weight excluding hydrogens is 184 g/mol. The number of hydrogen-bond acceptors (Lipinski definition) is 2. The van der Waals surface area contributed by atoms with Crippen LogP contribution in [0.25, 0.3) is 10.8 Å². The highest BCUT2D eigenvalue weighted by Gasteiger charge is 2.07. The van der Waals surface area contributed by atoms with Crippen LogP contribution < -0.4 is 5.73 Å². The molecule has 0 aliphatic rings. The third-order valence-corrected chi connectivity index (χ3v) is 2.64. The van der Waals surface area contributed by atoms with Gasteiger partial charge in [0.2, 0.25) is 0 Å². The van der Waals surface area contributed by atoms with Gasteiger partial charge in [0.1, 0.15) is 6.07 Å². The average Bonchev–Trinajstić information content (AvgIpc) is 2.17. The molecule has 2 nitrogen and oxygen atoms in total. The number of aryl methyl sites for hydroxylation is 2. The third-order valence-electron chi connectivity index (χ3n) is 2.64. The fourth-order valence-corrected chi connectivity index (χ4v) is 1.85. The Balaban J connectivity index is 2.92. The largest absolute Gasteiger partial charge is 0.397 e. The van der Waals surface area contributed by atoms with E-state index in [9.17, 15) is 0 Å². The van der Waals surface area contributed by atoms with Crippen LogP contribution in [0.3, 0.4) is 0 Å². The first-order valence-electron chi connectivity index (χ1n) is 4.83. The molecule has 2 N–H and O–H groups in total. The van der Waals surface area contributed by atoms with Crippen molar-refractivity contribution >= 4 is 16.5 Å². The first-order chi connectivity index (χ1) is 7.13. The molecule has 0 unspecified atom stereocenters. The smallest absolute Gasteiger partial charge is 0.102 e. The highest BCUT2D eigenvalue weighted by Crippen LogP contribution is 2.28. The first-order valence-corrected chi connectivity index (χ1v) is 4.83. The third kappa shape index (κ3) is 1.42. The van der Waals surface area contributed by atoms with Crippen molar-refractivity contribution in [3.63, 3.8) is 0 Å². The number of anilines is 1. The maximum absolute atomic E-state index is 8.98. The van der Waals surface area contributed by atoms with Crippen LogP contribution in [0.5, 0.6) is 0 Å². The topological polar surface area (TPSA) is 49.8 Å². The summed E-state index contributed by atoms with van der Waals surface area (Å²) in [6.45, 7) is 3.96. The highest BCUT2D eigenvalue weighted by atomic mass is 14.6. The van der Waals surface area contributed by atoms with Crippen LogP contribution in [0.2, 0.25) is 0 Å². The van der Waals surface area contributed by atoms with Crippen molar-refractivity contribution in [2.45, 2.75) is 13.8 Å². The number of fused-ring (bicyclic) bond motifs is 1. The number of rotatable bonds is 0. The van der Waals surface area contributed by atoms with Crippen LogP contribution in [0.4, 0.5) is 5.69 Å². The van der Waals surface area contributed by atoms with Crippen LogP contribution in [-0.4, -0.2) is 0 Å². The summed E-state index contributed by atoms with van der Waals surface area (Å²) in [5, 5.41) is 11.0. The summed E-state index contributed by atoms with van der Waals surface area (Å²) in [6.07, 6.45) is 0. The van der Waals surface area contributed by atoms with Gasteiger partial charge in [0.05, 0.1) is 11.3 Å². The number of hydrogen-bond donors (Lipinski definition) is 1. The molecule has 0 amide bonds. The molecule has 15 heavy (non-hydrogen) atoms. The lowest BCUT2D eigenvalue weighted by atomic mass is 9.99. The second-order valence-electron chi connectivity index (χ2n) is 3.82. The van der Waals surface area contributed by atoms with Gasteiger partial charge in [-0.25, -0.2) is 0 Å². The van der Waals surface area contributed by atoms with E-state index in [4.69, 9.17) is 11.0 Å². The molecular formula is C13H12N2. The van der Waals surface area contributed by atoms with Crippen molar-refractivity contribution in [1.82, 2.24) is 0 Å². The molecule has 2 aromatic rings. The monoisotopic (exact) mass is 196 g/mol. The zero-order valence-electron chi connectivity index (χ0n) is 8.83. The van der Waals surface area contributed by atoms with Gasteiger partial charge in [0.25, 0.3) is 0 Å². The van der Waals surface area contributed by atoms with Gasteiger partial charge in [-0.1, -0.05) is 23.8 Å². The van der Waals surface area contributed by atoms with E-state index >= 15 is 0 Å². The van der Waals surface area contributed by atoms with Crippen LogP contribution in [-0.2, 0) is 0 Å². The molecule has 0 atom stereocenters. The van der Waals surface area contributed by atoms with Crippen LogP contribution >= 0.6 is 0 Å². The predicted octanol–water partition coefficient (Wildman–Crippen LogP) is 2.91. The normalized spacial score (nSPS) is 10.2. The van der Waals surface area contributed by atoms with Crippen LogP contribution in [0.1, 0.15) is 16.7 Å². The number of nitrogens with two attached hydrogens (primary N) is 1. The Morgan fingerprint density at radius 3 is 2.60 bits per heavy atom. The number of nitriles is 1. The number of nitrogen functional groups attached to an aromatic ring is 1. The Morgan fingerprint density at radius 2 is 1.93 bits per heavy atom. The zero-order chi connectivity index (χ0) is 11.0. The lowest BCUT2D eigenvalue weighted by Gasteiger charge is -2.07. The Bertz CT molecular complexity index is 577. The first kappa shape index (κ1) is 9.54. The molecule has 0 saturated carbocycles. The summed E-state index contributed by atoms with van der Waals surface area (Å²) in [7, 11) is 0. The Labute approximate surface area is 88.9 Å². The van der Waals surface area contributed by atoms with Crippen molar-refractivity contribution in [2.75, 3.05) is 5.73 Å². The van der Waals surface area contributed by atoms with E-state index in [0.29, 0.717) is 11.3 Å². The summed E-state index contributed by atoms with van der Waals surface area (Å²) in [5.41, 5.74) is 9.28. The maximum atomic E-state index is 8.98. The van der Waals surface area contributed by atoms with Crippen molar-refractivity contribution < 1.29 is 0 Å². The molecule has 0 aliphatic heterocycles. The van der Waals surface area contributed by atoms with E-state index in [1.165, 1.54) is 5.56 Å². The second-order valence-corrected chi connectivity index (χ2v) is 3.82. The molecule has 0 spiro atoms. The van der Waals surface area contributed by atoms with E-state index in [0.717, 1.165) is 16.3 Å². The molecule has 0 aromatic heterocycles. The number of nitrogens with zero attached hydrogens (tertiary/aromatic N) is 1. The zero-order valence-corrected chi connectivity index (χ0v) is 8.83. The Morgan fingerprint density at radius 1 is 1.20 bits per heavy atom. The van der Waals surface area contributed by atoms with E-state index in [1.807, 2.05) is 32.0 Å². The van der Waals surface area contributed by atoms with Gasteiger partial charge in [0.15, 0.2) is 0 Å². The molecule has 0 radical (unpaired) electrons. The molecule has 2 heteroatoms. The summed E-state index contributed by atoms with van der Waals surface area (Å²) in [4.78, 5) is 0. The maximum Gasteiger partial charge on any atom is 0.102 e. The van der Waals surface area contributed by atoms with Gasteiger partial charge in [-0.2, -0.15) is 5.26 Å². The molecule has 0 heterocycles. The Hall–Kier alpha value is -2.01. The van der Waals surface area contributed by atoms with Crippen molar-refractivity contribution in [2.24, 2.45) is 0 Å². The second kappa shape index (κ2) is 3.29. The minimum atomic E-state index is 0.589.